The molecule has 0 bridgehead atoms. The highest BCUT2D eigenvalue weighted by molar-refractivity contribution is 5.97. The minimum absolute atomic E-state index is 0.215. The minimum atomic E-state index is 0.215. The number of hydrogen-bond acceptors (Lipinski definition) is 2. The number of carbonyl (C=O) groups is 1. The fourth-order valence-corrected chi connectivity index (χ4v) is 3.14. The molecule has 1 N–H and O–H groups in total. The second-order valence-electron chi connectivity index (χ2n) is 4.92. The van der Waals surface area contributed by atoms with Crippen LogP contribution < -0.4 is 5.32 Å². The van der Waals surface area contributed by atoms with Crippen LogP contribution in [0.3, 0.4) is 0 Å². The van der Waals surface area contributed by atoms with Crippen LogP contribution >= 0.6 is 0 Å². The Morgan fingerprint density at radius 3 is 3.00 bits per heavy atom. The number of nitrogens with one attached hydrogen (secondary N) is 1. The van der Waals surface area contributed by atoms with Gasteiger partial charge in [-0.25, -0.2) is 0 Å². The smallest absolute Gasteiger partial charge is 0.254 e. The van der Waals surface area contributed by atoms with Gasteiger partial charge in [0.05, 0.1) is 6.04 Å². The summed E-state index contributed by atoms with van der Waals surface area (Å²) in [7, 11) is 0. The Morgan fingerprint density at radius 2 is 2.18 bits per heavy atom. The molecular formula is C14H18N2O. The highest BCUT2D eigenvalue weighted by Gasteiger charge is 2.41. The fourth-order valence-electron chi connectivity index (χ4n) is 3.14. The van der Waals surface area contributed by atoms with E-state index >= 15 is 0 Å². The predicted octanol–water partition coefficient (Wildman–Crippen LogP) is 1.61. The molecule has 2 unspecified atom stereocenters. The summed E-state index contributed by atoms with van der Waals surface area (Å²) in [6.07, 6.45) is 1.02. The van der Waals surface area contributed by atoms with Crippen LogP contribution in [0.25, 0.3) is 0 Å². The molecule has 3 nitrogen and oxygen atoms in total. The summed E-state index contributed by atoms with van der Waals surface area (Å²) in [4.78, 5) is 14.5. The van der Waals surface area contributed by atoms with Crippen LogP contribution in [0, 0.1) is 0 Å². The lowest BCUT2D eigenvalue weighted by Gasteiger charge is -2.38. The standard InChI is InChI=1S/C14H18N2O/c1-2-7-16-13-9-15-8-12(13)10-5-3-4-6-11(10)14(16)17/h3-6,12-13,15H,2,7-9H2,1H3. The van der Waals surface area contributed by atoms with Crippen LogP contribution in [0.4, 0.5) is 0 Å². The molecule has 3 heteroatoms. The van der Waals surface area contributed by atoms with E-state index in [1.807, 2.05) is 18.2 Å². The van der Waals surface area contributed by atoms with Gasteiger partial charge in [0.25, 0.3) is 5.91 Å². The average Bonchev–Trinajstić information content (AvgIpc) is 2.84. The van der Waals surface area contributed by atoms with E-state index in [0.29, 0.717) is 12.0 Å². The normalized spacial score (nSPS) is 26.9. The largest absolute Gasteiger partial charge is 0.334 e. The van der Waals surface area contributed by atoms with Crippen LogP contribution in [0.2, 0.25) is 0 Å². The maximum absolute atomic E-state index is 12.4. The fraction of sp³-hybridized carbons (Fsp3) is 0.500. The molecule has 17 heavy (non-hydrogen) atoms. The highest BCUT2D eigenvalue weighted by atomic mass is 16.2. The maximum Gasteiger partial charge on any atom is 0.254 e. The van der Waals surface area contributed by atoms with E-state index in [2.05, 4.69) is 23.2 Å². The van der Waals surface area contributed by atoms with Gasteiger partial charge in [0.1, 0.15) is 0 Å². The lowest BCUT2D eigenvalue weighted by atomic mass is 9.85. The van der Waals surface area contributed by atoms with Crippen molar-refractivity contribution in [3.63, 3.8) is 0 Å². The van der Waals surface area contributed by atoms with Crippen LogP contribution in [0.15, 0.2) is 24.3 Å². The van der Waals surface area contributed by atoms with Crippen molar-refractivity contribution in [1.82, 2.24) is 10.2 Å². The Morgan fingerprint density at radius 1 is 1.35 bits per heavy atom. The molecule has 2 heterocycles. The molecule has 1 aromatic carbocycles. The molecule has 0 radical (unpaired) electrons. The number of benzene rings is 1. The number of carbonyl (C=O) groups excluding carboxylic acids is 1. The van der Waals surface area contributed by atoms with E-state index in [9.17, 15) is 4.79 Å². The van der Waals surface area contributed by atoms with Gasteiger partial charge in [-0.3, -0.25) is 4.79 Å². The first-order chi connectivity index (χ1) is 8.33. The second-order valence-corrected chi connectivity index (χ2v) is 4.92. The van der Waals surface area contributed by atoms with Gasteiger partial charge in [0.15, 0.2) is 0 Å². The third-order valence-electron chi connectivity index (χ3n) is 3.90. The first kappa shape index (κ1) is 10.8. The van der Waals surface area contributed by atoms with Crippen LogP contribution in [-0.2, 0) is 0 Å². The summed E-state index contributed by atoms with van der Waals surface area (Å²) in [6.45, 7) is 4.93. The molecule has 3 rings (SSSR count). The maximum atomic E-state index is 12.4. The Labute approximate surface area is 102 Å². The molecule has 1 fully saturated rings. The molecule has 0 saturated carbocycles. The van der Waals surface area contributed by atoms with Crippen molar-refractivity contribution in [2.24, 2.45) is 0 Å². The number of nitrogens with zero attached hydrogens (tertiary/aromatic N) is 1. The number of fused-ring (bicyclic) bond motifs is 3. The van der Waals surface area contributed by atoms with Gasteiger partial charge < -0.3 is 10.2 Å². The Balaban J connectivity index is 2.06. The van der Waals surface area contributed by atoms with Crippen molar-refractivity contribution in [2.75, 3.05) is 19.6 Å². The molecule has 90 valence electrons. The summed E-state index contributed by atoms with van der Waals surface area (Å²) in [5.74, 6) is 0.697. The van der Waals surface area contributed by atoms with Crippen molar-refractivity contribution in [3.05, 3.63) is 35.4 Å². The molecule has 2 atom stereocenters. The van der Waals surface area contributed by atoms with Crippen LogP contribution in [0.5, 0.6) is 0 Å². The van der Waals surface area contributed by atoms with Gasteiger partial charge in [0.2, 0.25) is 0 Å². The summed E-state index contributed by atoms with van der Waals surface area (Å²) in [5.41, 5.74) is 2.14. The zero-order valence-corrected chi connectivity index (χ0v) is 10.1. The molecule has 1 amide bonds. The number of hydrogen-bond donors (Lipinski definition) is 1. The van der Waals surface area contributed by atoms with E-state index in [-0.39, 0.29) is 5.91 Å². The molecule has 1 saturated heterocycles. The summed E-state index contributed by atoms with van der Waals surface area (Å²) >= 11 is 0. The first-order valence-corrected chi connectivity index (χ1v) is 6.43. The number of amides is 1. The molecule has 0 aromatic heterocycles. The third kappa shape index (κ3) is 1.57. The van der Waals surface area contributed by atoms with Crippen molar-refractivity contribution in [2.45, 2.75) is 25.3 Å². The predicted molar refractivity (Wildman–Crippen MR) is 67.2 cm³/mol. The van der Waals surface area contributed by atoms with Gasteiger partial charge in [-0.15, -0.1) is 0 Å². The Kier molecular flexibility index (Phi) is 2.63. The monoisotopic (exact) mass is 230 g/mol. The van der Waals surface area contributed by atoms with Gasteiger partial charge in [-0.2, -0.15) is 0 Å². The lowest BCUT2D eigenvalue weighted by molar-refractivity contribution is 0.0649. The SMILES string of the molecule is CCCN1C(=O)c2ccccc2C2CNCC21. The minimum Gasteiger partial charge on any atom is -0.334 e. The van der Waals surface area contributed by atoms with E-state index in [4.69, 9.17) is 0 Å². The van der Waals surface area contributed by atoms with E-state index in [0.717, 1.165) is 31.6 Å². The topological polar surface area (TPSA) is 32.3 Å². The lowest BCUT2D eigenvalue weighted by Crippen LogP contribution is -2.48. The molecule has 2 aliphatic heterocycles. The molecular weight excluding hydrogens is 212 g/mol. The third-order valence-corrected chi connectivity index (χ3v) is 3.90. The molecule has 0 aliphatic carbocycles. The summed E-state index contributed by atoms with van der Waals surface area (Å²) in [6, 6.07) is 8.44. The van der Waals surface area contributed by atoms with Crippen molar-refractivity contribution < 1.29 is 4.79 Å². The van der Waals surface area contributed by atoms with Crippen molar-refractivity contribution in [3.8, 4) is 0 Å². The Bertz CT molecular complexity index is 444. The second kappa shape index (κ2) is 4.15. The zero-order chi connectivity index (χ0) is 11.8. The summed E-state index contributed by atoms with van der Waals surface area (Å²) in [5, 5.41) is 3.42. The van der Waals surface area contributed by atoms with Crippen molar-refractivity contribution >= 4 is 5.91 Å². The van der Waals surface area contributed by atoms with Crippen LogP contribution in [-0.4, -0.2) is 36.5 Å². The quantitative estimate of drug-likeness (QED) is 0.837. The Hall–Kier alpha value is -1.35. The zero-order valence-electron chi connectivity index (χ0n) is 10.1. The number of rotatable bonds is 2. The van der Waals surface area contributed by atoms with E-state index in [1.165, 1.54) is 5.56 Å². The van der Waals surface area contributed by atoms with Gasteiger partial charge in [-0.1, -0.05) is 25.1 Å². The molecule has 0 spiro atoms. The van der Waals surface area contributed by atoms with Gasteiger partial charge in [-0.05, 0) is 18.1 Å². The molecule has 1 aromatic rings. The first-order valence-electron chi connectivity index (χ1n) is 6.43. The van der Waals surface area contributed by atoms with Gasteiger partial charge in [0, 0.05) is 31.1 Å². The van der Waals surface area contributed by atoms with Crippen molar-refractivity contribution in [1.29, 1.82) is 0 Å². The molecule has 2 aliphatic rings. The highest BCUT2D eigenvalue weighted by Crippen LogP contribution is 2.35. The summed E-state index contributed by atoms with van der Waals surface area (Å²) < 4.78 is 0. The van der Waals surface area contributed by atoms with E-state index in [1.54, 1.807) is 0 Å². The van der Waals surface area contributed by atoms with Gasteiger partial charge >= 0.3 is 0 Å². The van der Waals surface area contributed by atoms with Crippen LogP contribution in [0.1, 0.15) is 35.2 Å². The average molecular weight is 230 g/mol. The van der Waals surface area contributed by atoms with E-state index < -0.39 is 0 Å².